The first-order chi connectivity index (χ1) is 5.96. The third kappa shape index (κ3) is 2.21. The molecule has 0 fully saturated rings. The molecular formula is C10H14BrNO. The standard InChI is InChI=1S/C10H14BrNO/c1-10(2,3)9-8(11)7(13-4)5-6-12-9/h5-6H,1-4H3. The summed E-state index contributed by atoms with van der Waals surface area (Å²) < 4.78 is 6.14. The third-order valence-electron chi connectivity index (χ3n) is 1.78. The Hall–Kier alpha value is -0.570. The lowest BCUT2D eigenvalue weighted by molar-refractivity contribution is 0.408. The zero-order valence-corrected chi connectivity index (χ0v) is 9.97. The summed E-state index contributed by atoms with van der Waals surface area (Å²) in [6.45, 7) is 6.37. The van der Waals surface area contributed by atoms with Crippen LogP contribution in [0.1, 0.15) is 26.5 Å². The molecule has 0 N–H and O–H groups in total. The Morgan fingerprint density at radius 3 is 2.46 bits per heavy atom. The molecule has 0 radical (unpaired) electrons. The highest BCUT2D eigenvalue weighted by molar-refractivity contribution is 9.10. The van der Waals surface area contributed by atoms with Gasteiger partial charge in [-0.3, -0.25) is 4.98 Å². The number of hydrogen-bond donors (Lipinski definition) is 0. The predicted octanol–water partition coefficient (Wildman–Crippen LogP) is 3.15. The van der Waals surface area contributed by atoms with E-state index in [1.165, 1.54) is 0 Å². The van der Waals surface area contributed by atoms with Crippen molar-refractivity contribution in [1.29, 1.82) is 0 Å². The minimum Gasteiger partial charge on any atom is -0.495 e. The lowest BCUT2D eigenvalue weighted by Gasteiger charge is -2.20. The van der Waals surface area contributed by atoms with Crippen LogP contribution in [0.15, 0.2) is 16.7 Å². The summed E-state index contributed by atoms with van der Waals surface area (Å²) in [5, 5.41) is 0. The molecule has 72 valence electrons. The van der Waals surface area contributed by atoms with Crippen LogP contribution in [0.2, 0.25) is 0 Å². The molecule has 0 aliphatic heterocycles. The predicted molar refractivity (Wildman–Crippen MR) is 57.2 cm³/mol. The van der Waals surface area contributed by atoms with Gasteiger partial charge in [0.1, 0.15) is 5.75 Å². The molecule has 0 spiro atoms. The van der Waals surface area contributed by atoms with Gasteiger partial charge >= 0.3 is 0 Å². The third-order valence-corrected chi connectivity index (χ3v) is 2.55. The zero-order valence-electron chi connectivity index (χ0n) is 8.39. The minimum absolute atomic E-state index is 0.0351. The highest BCUT2D eigenvalue weighted by Crippen LogP contribution is 2.33. The van der Waals surface area contributed by atoms with Gasteiger partial charge in [-0.15, -0.1) is 0 Å². The van der Waals surface area contributed by atoms with Crippen molar-refractivity contribution >= 4 is 15.9 Å². The van der Waals surface area contributed by atoms with Gasteiger partial charge in [0.2, 0.25) is 0 Å². The van der Waals surface area contributed by atoms with E-state index in [-0.39, 0.29) is 5.41 Å². The SMILES string of the molecule is COc1ccnc(C(C)(C)C)c1Br. The number of pyridine rings is 1. The molecule has 0 unspecified atom stereocenters. The maximum atomic E-state index is 5.19. The van der Waals surface area contributed by atoms with Crippen molar-refractivity contribution in [1.82, 2.24) is 4.98 Å². The van der Waals surface area contributed by atoms with Gasteiger partial charge < -0.3 is 4.74 Å². The molecule has 1 aromatic rings. The quantitative estimate of drug-likeness (QED) is 0.757. The van der Waals surface area contributed by atoms with E-state index in [1.807, 2.05) is 6.07 Å². The fourth-order valence-electron chi connectivity index (χ4n) is 1.11. The molecule has 0 aliphatic rings. The van der Waals surface area contributed by atoms with Gasteiger partial charge in [0.25, 0.3) is 0 Å². The zero-order chi connectivity index (χ0) is 10.1. The van der Waals surface area contributed by atoms with Crippen LogP contribution in [0.5, 0.6) is 5.75 Å². The molecule has 0 bridgehead atoms. The number of hydrogen-bond acceptors (Lipinski definition) is 2. The van der Waals surface area contributed by atoms with Gasteiger partial charge in [-0.25, -0.2) is 0 Å². The largest absolute Gasteiger partial charge is 0.495 e. The van der Waals surface area contributed by atoms with E-state index >= 15 is 0 Å². The smallest absolute Gasteiger partial charge is 0.136 e. The van der Waals surface area contributed by atoms with Crippen molar-refractivity contribution < 1.29 is 4.74 Å². The number of aromatic nitrogens is 1. The van der Waals surface area contributed by atoms with Crippen molar-refractivity contribution in [2.24, 2.45) is 0 Å². The van der Waals surface area contributed by atoms with Crippen molar-refractivity contribution in [3.63, 3.8) is 0 Å². The highest BCUT2D eigenvalue weighted by Gasteiger charge is 2.20. The van der Waals surface area contributed by atoms with E-state index in [2.05, 4.69) is 41.7 Å². The first kappa shape index (κ1) is 10.5. The van der Waals surface area contributed by atoms with Crippen molar-refractivity contribution in [3.8, 4) is 5.75 Å². The van der Waals surface area contributed by atoms with E-state index in [4.69, 9.17) is 4.74 Å². The molecule has 1 heterocycles. The van der Waals surface area contributed by atoms with Crippen LogP contribution >= 0.6 is 15.9 Å². The van der Waals surface area contributed by atoms with Gasteiger partial charge in [0.05, 0.1) is 17.3 Å². The molecule has 0 saturated heterocycles. The van der Waals surface area contributed by atoms with E-state index in [1.54, 1.807) is 13.3 Å². The average molecular weight is 244 g/mol. The van der Waals surface area contributed by atoms with Crippen molar-refractivity contribution in [3.05, 3.63) is 22.4 Å². The highest BCUT2D eigenvalue weighted by atomic mass is 79.9. The van der Waals surface area contributed by atoms with Crippen LogP contribution in [-0.4, -0.2) is 12.1 Å². The topological polar surface area (TPSA) is 22.1 Å². The molecule has 0 amide bonds. The monoisotopic (exact) mass is 243 g/mol. The lowest BCUT2D eigenvalue weighted by atomic mass is 9.91. The maximum Gasteiger partial charge on any atom is 0.136 e. The van der Waals surface area contributed by atoms with E-state index < -0.39 is 0 Å². The molecule has 0 atom stereocenters. The van der Waals surface area contributed by atoms with Crippen LogP contribution in [-0.2, 0) is 5.41 Å². The number of rotatable bonds is 1. The summed E-state index contributed by atoms with van der Waals surface area (Å²) in [4.78, 5) is 4.33. The summed E-state index contributed by atoms with van der Waals surface area (Å²) in [6.07, 6.45) is 1.77. The number of nitrogens with zero attached hydrogens (tertiary/aromatic N) is 1. The maximum absolute atomic E-state index is 5.19. The van der Waals surface area contributed by atoms with Gasteiger partial charge in [0.15, 0.2) is 0 Å². The Kier molecular flexibility index (Phi) is 2.96. The van der Waals surface area contributed by atoms with Gasteiger partial charge in [-0.05, 0) is 22.0 Å². The fraction of sp³-hybridized carbons (Fsp3) is 0.500. The second-order valence-electron chi connectivity index (χ2n) is 3.93. The Labute approximate surface area is 87.5 Å². The summed E-state index contributed by atoms with van der Waals surface area (Å²) in [7, 11) is 1.66. The molecule has 0 saturated carbocycles. The van der Waals surface area contributed by atoms with Crippen LogP contribution in [0.25, 0.3) is 0 Å². The summed E-state index contributed by atoms with van der Waals surface area (Å²) in [6, 6.07) is 1.85. The van der Waals surface area contributed by atoms with Crippen LogP contribution in [0.3, 0.4) is 0 Å². The Morgan fingerprint density at radius 2 is 2.00 bits per heavy atom. The van der Waals surface area contributed by atoms with Gasteiger partial charge in [-0.1, -0.05) is 20.8 Å². The Balaban J connectivity index is 3.24. The van der Waals surface area contributed by atoms with Crippen LogP contribution < -0.4 is 4.74 Å². The Morgan fingerprint density at radius 1 is 1.38 bits per heavy atom. The molecular weight excluding hydrogens is 230 g/mol. The number of methoxy groups -OCH3 is 1. The molecule has 1 aromatic heterocycles. The summed E-state index contributed by atoms with van der Waals surface area (Å²) in [5.41, 5.74) is 1.06. The van der Waals surface area contributed by atoms with Crippen molar-refractivity contribution in [2.75, 3.05) is 7.11 Å². The second kappa shape index (κ2) is 3.66. The molecule has 2 nitrogen and oxygen atoms in total. The molecule has 1 rings (SSSR count). The number of ether oxygens (including phenoxy) is 1. The van der Waals surface area contributed by atoms with Gasteiger partial charge in [-0.2, -0.15) is 0 Å². The molecule has 3 heteroatoms. The molecule has 0 aliphatic carbocycles. The second-order valence-corrected chi connectivity index (χ2v) is 4.72. The van der Waals surface area contributed by atoms with Crippen LogP contribution in [0, 0.1) is 0 Å². The average Bonchev–Trinajstić information content (AvgIpc) is 2.02. The van der Waals surface area contributed by atoms with E-state index in [0.717, 1.165) is 15.9 Å². The lowest BCUT2D eigenvalue weighted by Crippen LogP contribution is -2.14. The minimum atomic E-state index is 0.0351. The first-order valence-corrected chi connectivity index (χ1v) is 4.95. The van der Waals surface area contributed by atoms with E-state index in [0.29, 0.717) is 0 Å². The molecule has 13 heavy (non-hydrogen) atoms. The first-order valence-electron chi connectivity index (χ1n) is 4.16. The van der Waals surface area contributed by atoms with E-state index in [9.17, 15) is 0 Å². The summed E-state index contributed by atoms with van der Waals surface area (Å²) in [5.74, 6) is 0.833. The fourth-order valence-corrected chi connectivity index (χ4v) is 2.10. The number of halogens is 1. The summed E-state index contributed by atoms with van der Waals surface area (Å²) >= 11 is 3.49. The van der Waals surface area contributed by atoms with Crippen LogP contribution in [0.4, 0.5) is 0 Å². The van der Waals surface area contributed by atoms with Gasteiger partial charge in [0, 0.05) is 11.6 Å². The Bertz CT molecular complexity index is 304. The van der Waals surface area contributed by atoms with Crippen molar-refractivity contribution in [2.45, 2.75) is 26.2 Å². The normalized spacial score (nSPS) is 11.5. The molecule has 0 aromatic carbocycles.